The van der Waals surface area contributed by atoms with Crippen molar-refractivity contribution in [2.24, 2.45) is 51.4 Å². The average molecular weight is 1390 g/mol. The van der Waals surface area contributed by atoms with E-state index in [1.165, 1.54) is 36.1 Å². The Morgan fingerprint density at radius 3 is 1.71 bits per heavy atom. The fourth-order valence-electron chi connectivity index (χ4n) is 10.5. The summed E-state index contributed by atoms with van der Waals surface area (Å²) in [6.07, 6.45) is -2.71. The van der Waals surface area contributed by atoms with Crippen molar-refractivity contribution < 1.29 is 82.4 Å². The van der Waals surface area contributed by atoms with Gasteiger partial charge in [-0.15, -0.1) is 0 Å². The number of nitrogens with one attached hydrogen (secondary N) is 10. The SMILES string of the molecule is CC[C@H](C)[C@H](NC(=O)[C@@H]1CCCN1C(=O)[C@@H](NC(=O)[C@@H](N)Cc1ccccc1)C(C)C)C(=O)N[C@@H](C)C(=O)N[C@H](C(=O)N[C@@H](Cc1ccc(O)cc1)C(=O)NCC(=O)N[C@@H](CCC(=O)O)C(=O)N[C@@H](CC(C)C)C(=O)N[C@@H](CCC(N)=O)C(=O)N[C@@H](CCCN=C(N)N)C(N)=O)[C@@H](C)O. The molecular formula is C65H101N17O17. The first-order valence-corrected chi connectivity index (χ1v) is 32.9. The monoisotopic (exact) mass is 1390 g/mol. The van der Waals surface area contributed by atoms with E-state index in [9.17, 15) is 82.4 Å². The molecular weight excluding hydrogens is 1290 g/mol. The van der Waals surface area contributed by atoms with E-state index in [4.69, 9.17) is 28.7 Å². The summed E-state index contributed by atoms with van der Waals surface area (Å²) in [7, 11) is 0. The summed E-state index contributed by atoms with van der Waals surface area (Å²) in [6, 6.07) is -0.609. The first-order valence-electron chi connectivity index (χ1n) is 32.9. The number of primary amides is 2. The summed E-state index contributed by atoms with van der Waals surface area (Å²) in [6.45, 7) is 12.1. The summed E-state index contributed by atoms with van der Waals surface area (Å²) in [5.41, 5.74) is 29.0. The molecule has 2 aromatic rings. The number of guanidine groups is 1. The van der Waals surface area contributed by atoms with Crippen molar-refractivity contribution in [3.8, 4) is 5.75 Å². The van der Waals surface area contributed by atoms with Gasteiger partial charge in [-0.25, -0.2) is 0 Å². The van der Waals surface area contributed by atoms with Gasteiger partial charge in [0, 0.05) is 32.4 Å². The van der Waals surface area contributed by atoms with Crippen LogP contribution in [0.2, 0.25) is 0 Å². The maximum absolute atomic E-state index is 14.1. The number of phenolic OH excluding ortho intramolecular Hbond substituents is 1. The lowest BCUT2D eigenvalue weighted by Crippen LogP contribution is -2.62. The third-order valence-corrected chi connectivity index (χ3v) is 16.3. The number of hydrogen-bond donors (Lipinski definition) is 18. The van der Waals surface area contributed by atoms with Crippen LogP contribution in [-0.4, -0.2) is 201 Å². The number of aliphatic imine (C=N–C) groups is 1. The Balaban J connectivity index is 1.78. The largest absolute Gasteiger partial charge is 0.508 e. The van der Waals surface area contributed by atoms with Crippen LogP contribution < -0.4 is 81.8 Å². The number of amides is 13. The second kappa shape index (κ2) is 41.3. The van der Waals surface area contributed by atoms with Gasteiger partial charge in [0.15, 0.2) is 5.96 Å². The second-order valence-corrected chi connectivity index (χ2v) is 25.4. The molecule has 0 unspecified atom stereocenters. The van der Waals surface area contributed by atoms with Crippen LogP contribution in [0.3, 0.4) is 0 Å². The van der Waals surface area contributed by atoms with Crippen molar-refractivity contribution in [2.75, 3.05) is 19.6 Å². The highest BCUT2D eigenvalue weighted by Crippen LogP contribution is 2.22. The molecule has 1 heterocycles. The number of aliphatic hydroxyl groups excluding tert-OH is 1. The summed E-state index contributed by atoms with van der Waals surface area (Å²) < 4.78 is 0. The number of carbonyl (C=O) groups excluding carboxylic acids is 13. The molecule has 13 amide bonds. The van der Waals surface area contributed by atoms with Crippen molar-refractivity contribution in [3.05, 3.63) is 65.7 Å². The molecule has 13 atom stereocenters. The number of aromatic hydroxyl groups is 1. The quantitative estimate of drug-likeness (QED) is 0.0170. The van der Waals surface area contributed by atoms with E-state index in [2.05, 4.69) is 58.2 Å². The van der Waals surface area contributed by atoms with Gasteiger partial charge in [-0.3, -0.25) is 72.1 Å². The van der Waals surface area contributed by atoms with Gasteiger partial charge in [0.25, 0.3) is 0 Å². The Hall–Kier alpha value is -9.99. The zero-order valence-corrected chi connectivity index (χ0v) is 57.3. The van der Waals surface area contributed by atoms with E-state index in [1.807, 2.05) is 30.3 Å². The molecule has 1 aliphatic rings. The molecule has 0 bridgehead atoms. The number of likely N-dealkylation sites (tertiary alicyclic amines) is 1. The first kappa shape index (κ1) is 83.2. The van der Waals surface area contributed by atoms with Crippen molar-refractivity contribution in [1.82, 2.24) is 58.1 Å². The highest BCUT2D eigenvalue weighted by Gasteiger charge is 2.42. The minimum atomic E-state index is -1.81. The molecule has 3 rings (SSSR count). The maximum Gasteiger partial charge on any atom is 0.303 e. The molecule has 34 heteroatoms. The number of benzene rings is 2. The topological polar surface area (TPSA) is 566 Å². The van der Waals surface area contributed by atoms with E-state index in [0.29, 0.717) is 18.4 Å². The molecule has 1 saturated heterocycles. The van der Waals surface area contributed by atoms with Crippen molar-refractivity contribution in [2.45, 2.75) is 205 Å². The molecule has 23 N–H and O–H groups in total. The lowest BCUT2D eigenvalue weighted by Gasteiger charge is -2.32. The summed E-state index contributed by atoms with van der Waals surface area (Å²) >= 11 is 0. The molecule has 0 aromatic heterocycles. The van der Waals surface area contributed by atoms with Gasteiger partial charge in [-0.2, -0.15) is 0 Å². The molecule has 548 valence electrons. The Labute approximate surface area is 574 Å². The number of rotatable bonds is 42. The minimum Gasteiger partial charge on any atom is -0.508 e. The predicted octanol–water partition coefficient (Wildman–Crippen LogP) is -4.21. The fourth-order valence-corrected chi connectivity index (χ4v) is 10.5. The fraction of sp³-hybridized carbons (Fsp3) is 0.585. The number of phenols is 1. The smallest absolute Gasteiger partial charge is 0.303 e. The molecule has 1 fully saturated rings. The van der Waals surface area contributed by atoms with Crippen LogP contribution in [0, 0.1) is 17.8 Å². The Morgan fingerprint density at radius 1 is 0.586 bits per heavy atom. The summed E-state index contributed by atoms with van der Waals surface area (Å²) in [5.74, 6) is -14.6. The lowest BCUT2D eigenvalue weighted by atomic mass is 9.97. The van der Waals surface area contributed by atoms with Crippen molar-refractivity contribution in [3.63, 3.8) is 0 Å². The van der Waals surface area contributed by atoms with Gasteiger partial charge in [-0.05, 0) is 106 Å². The molecule has 0 saturated carbocycles. The van der Waals surface area contributed by atoms with Crippen LogP contribution in [-0.2, 0) is 80.0 Å². The van der Waals surface area contributed by atoms with Crippen LogP contribution in [0.15, 0.2) is 59.6 Å². The predicted molar refractivity (Wildman–Crippen MR) is 361 cm³/mol. The molecule has 2 aromatic carbocycles. The average Bonchev–Trinajstić information content (AvgIpc) is 1.75. The highest BCUT2D eigenvalue weighted by molar-refractivity contribution is 5.99. The first-order chi connectivity index (χ1) is 46.5. The van der Waals surface area contributed by atoms with Crippen molar-refractivity contribution >= 4 is 88.7 Å². The molecule has 0 radical (unpaired) electrons. The normalized spacial score (nSPS) is 16.3. The van der Waals surface area contributed by atoms with E-state index in [0.717, 1.165) is 12.5 Å². The van der Waals surface area contributed by atoms with Crippen LogP contribution in [0.5, 0.6) is 5.75 Å². The van der Waals surface area contributed by atoms with Gasteiger partial charge in [0.05, 0.1) is 18.7 Å². The highest BCUT2D eigenvalue weighted by atomic mass is 16.4. The molecule has 0 spiro atoms. The molecule has 0 aliphatic carbocycles. The Bertz CT molecular complexity index is 3150. The van der Waals surface area contributed by atoms with Crippen LogP contribution >= 0.6 is 0 Å². The van der Waals surface area contributed by atoms with E-state index < -0.39 is 193 Å². The number of nitrogens with zero attached hydrogens (tertiary/aromatic N) is 2. The third kappa shape index (κ3) is 28.9. The van der Waals surface area contributed by atoms with Gasteiger partial charge in [0.2, 0.25) is 76.8 Å². The van der Waals surface area contributed by atoms with Gasteiger partial charge in [0.1, 0.15) is 66.2 Å². The number of aliphatic hydroxyl groups is 1. The maximum atomic E-state index is 14.1. The van der Waals surface area contributed by atoms with Crippen LogP contribution in [0.25, 0.3) is 0 Å². The number of carboxylic acid groups (broad SMARTS) is 1. The van der Waals surface area contributed by atoms with Crippen LogP contribution in [0.4, 0.5) is 0 Å². The summed E-state index contributed by atoms with van der Waals surface area (Å²) in [4.78, 5) is 194. The second-order valence-electron chi connectivity index (χ2n) is 25.4. The standard InChI is InChI=1S/C65H101N17O17/c1-9-35(6)52(80-61(96)47-18-14-28-82(47)64(99)51(34(4)5)79-56(91)41(66)30-38-15-11-10-12-16-38)62(97)73-36(7)55(90)81-53(37(8)83)63(98)78-46(31-39-19-21-40(84)22-20-39)57(92)72-32-49(86)74-43(24-26-50(87)88)58(93)77-45(29-33(2)3)60(95)76-44(23-25-48(67)85)59(94)75-42(54(68)89)17-13-27-71-65(69)70/h10-12,15-16,19-22,33-37,41-47,51-53,83-84H,9,13-14,17-18,23-32,66H2,1-8H3,(H2,67,85)(H2,68,89)(H,72,92)(H,73,97)(H,74,86)(H,75,94)(H,76,95)(H,77,93)(H,78,98)(H,79,91)(H,80,96)(H,81,90)(H,87,88)(H4,69,70,71)/t35-,36-,37+,41-,42-,43-,44-,45-,46-,47-,51-,52-,53-/m0/s1. The number of aliphatic carboxylic acids is 1. The lowest BCUT2D eigenvalue weighted by molar-refractivity contribution is -0.143. The Kier molecular flexibility index (Phi) is 34.7. The molecule has 34 nitrogen and oxygen atoms in total. The zero-order valence-electron chi connectivity index (χ0n) is 57.3. The molecule has 99 heavy (non-hydrogen) atoms. The van der Waals surface area contributed by atoms with Gasteiger partial charge in [-0.1, -0.05) is 90.4 Å². The van der Waals surface area contributed by atoms with E-state index in [1.54, 1.807) is 41.5 Å². The number of hydrogen-bond acceptors (Lipinski definition) is 18. The number of nitrogens with two attached hydrogens (primary N) is 5. The van der Waals surface area contributed by atoms with E-state index in [-0.39, 0.29) is 75.7 Å². The van der Waals surface area contributed by atoms with Crippen molar-refractivity contribution in [1.29, 1.82) is 0 Å². The Morgan fingerprint density at radius 2 is 1.14 bits per heavy atom. The third-order valence-electron chi connectivity index (χ3n) is 16.3. The number of carboxylic acids is 1. The van der Waals surface area contributed by atoms with Gasteiger partial charge >= 0.3 is 5.97 Å². The van der Waals surface area contributed by atoms with E-state index >= 15 is 0 Å². The van der Waals surface area contributed by atoms with Crippen LogP contribution in [0.1, 0.15) is 131 Å². The summed E-state index contributed by atoms with van der Waals surface area (Å²) in [5, 5.41) is 55.4. The molecule has 1 aliphatic heterocycles. The van der Waals surface area contributed by atoms with Gasteiger partial charge < -0.3 is 102 Å². The zero-order chi connectivity index (χ0) is 74.4. The number of carbonyl (C=O) groups is 14. The minimum absolute atomic E-state index is 0.0255.